The molecule has 3 aromatic rings. The zero-order chi connectivity index (χ0) is 22.7. The second-order valence-corrected chi connectivity index (χ2v) is 10.5. The zero-order valence-electron chi connectivity index (χ0n) is 18.2. The summed E-state index contributed by atoms with van der Waals surface area (Å²) in [6.07, 6.45) is 4.16. The van der Waals surface area contributed by atoms with Crippen LogP contribution in [0.5, 0.6) is 0 Å². The number of anilines is 1. The number of carbonyl (C=O) groups excluding carboxylic acids is 1. The number of nitrogens with one attached hydrogen (secondary N) is 1. The van der Waals surface area contributed by atoms with Crippen molar-refractivity contribution in [3.8, 4) is 0 Å². The summed E-state index contributed by atoms with van der Waals surface area (Å²) in [6, 6.07) is 13.6. The molecule has 1 N–H and O–H groups in total. The summed E-state index contributed by atoms with van der Waals surface area (Å²) in [6.45, 7) is 5.81. The molecular weight excluding hydrogens is 426 g/mol. The molecule has 0 spiro atoms. The molecule has 4 rings (SSSR count). The molecule has 1 aromatic heterocycles. The van der Waals surface area contributed by atoms with Crippen LogP contribution in [0.2, 0.25) is 0 Å². The van der Waals surface area contributed by atoms with Crippen molar-refractivity contribution in [3.05, 3.63) is 72.3 Å². The molecule has 9 heteroatoms. The number of amides is 1. The first-order chi connectivity index (χ1) is 15.3. The summed E-state index contributed by atoms with van der Waals surface area (Å²) < 4.78 is 29.3. The van der Waals surface area contributed by atoms with Crippen LogP contribution in [-0.2, 0) is 16.6 Å². The Morgan fingerprint density at radius 2 is 1.69 bits per heavy atom. The Labute approximate surface area is 188 Å². The van der Waals surface area contributed by atoms with Gasteiger partial charge in [-0.25, -0.2) is 18.1 Å². The number of rotatable bonds is 6. The third-order valence-electron chi connectivity index (χ3n) is 5.61. The average molecular weight is 454 g/mol. The van der Waals surface area contributed by atoms with Crippen LogP contribution < -0.4 is 5.32 Å². The first kappa shape index (κ1) is 22.2. The first-order valence-electron chi connectivity index (χ1n) is 10.6. The highest BCUT2D eigenvalue weighted by molar-refractivity contribution is 7.89. The lowest BCUT2D eigenvalue weighted by molar-refractivity contribution is 0.102. The Balaban J connectivity index is 1.40. The standard InChI is InChI=1S/C23H27N5O3S/c1-17-11-18(2)13-28(12-17)32(30,31)22-9-5-20(6-10-22)23(29)26-21-7-3-19(4-8-21)14-27-16-24-15-25-27/h3-10,15-18H,11-14H2,1-2H3,(H,26,29)/t17-,18+. The second kappa shape index (κ2) is 9.22. The minimum absolute atomic E-state index is 0.216. The lowest BCUT2D eigenvalue weighted by atomic mass is 9.94. The Morgan fingerprint density at radius 1 is 1.03 bits per heavy atom. The number of nitrogens with zero attached hydrogens (tertiary/aromatic N) is 4. The molecule has 0 radical (unpaired) electrons. The summed E-state index contributed by atoms with van der Waals surface area (Å²) in [5, 5.41) is 6.92. The quantitative estimate of drug-likeness (QED) is 0.618. The van der Waals surface area contributed by atoms with Gasteiger partial charge in [-0.2, -0.15) is 9.40 Å². The van der Waals surface area contributed by atoms with Gasteiger partial charge in [0.1, 0.15) is 12.7 Å². The van der Waals surface area contributed by atoms with Gasteiger partial charge in [0, 0.05) is 24.3 Å². The average Bonchev–Trinajstić information content (AvgIpc) is 3.27. The maximum atomic E-state index is 13.0. The number of piperidine rings is 1. The van der Waals surface area contributed by atoms with E-state index >= 15 is 0 Å². The largest absolute Gasteiger partial charge is 0.322 e. The predicted molar refractivity (Wildman–Crippen MR) is 122 cm³/mol. The molecule has 2 heterocycles. The van der Waals surface area contributed by atoms with Crippen LogP contribution in [0.25, 0.3) is 0 Å². The topological polar surface area (TPSA) is 97.2 Å². The number of aromatic nitrogens is 3. The van der Waals surface area contributed by atoms with Crippen LogP contribution in [0.4, 0.5) is 5.69 Å². The van der Waals surface area contributed by atoms with Crippen LogP contribution in [0.1, 0.15) is 36.2 Å². The van der Waals surface area contributed by atoms with Gasteiger partial charge in [0.15, 0.2) is 0 Å². The van der Waals surface area contributed by atoms with Crippen LogP contribution in [0.3, 0.4) is 0 Å². The summed E-state index contributed by atoms with van der Waals surface area (Å²) in [7, 11) is -3.57. The van der Waals surface area contributed by atoms with Gasteiger partial charge in [-0.05, 0) is 60.2 Å². The molecule has 1 aliphatic heterocycles. The molecule has 1 amide bonds. The maximum Gasteiger partial charge on any atom is 0.255 e. The van der Waals surface area contributed by atoms with Gasteiger partial charge in [-0.3, -0.25) is 4.79 Å². The summed E-state index contributed by atoms with van der Waals surface area (Å²) in [5.41, 5.74) is 2.09. The fraction of sp³-hybridized carbons (Fsp3) is 0.348. The van der Waals surface area contributed by atoms with Crippen molar-refractivity contribution in [2.75, 3.05) is 18.4 Å². The SMILES string of the molecule is C[C@@H]1C[C@H](C)CN(S(=O)(=O)c2ccc(C(=O)Nc3ccc(Cn4cncn4)cc3)cc2)C1. The molecule has 2 atom stereocenters. The van der Waals surface area contributed by atoms with E-state index in [1.807, 2.05) is 24.3 Å². The Bertz CT molecular complexity index is 1150. The number of hydrogen-bond donors (Lipinski definition) is 1. The summed E-state index contributed by atoms with van der Waals surface area (Å²) in [4.78, 5) is 16.7. The van der Waals surface area contributed by atoms with E-state index in [1.54, 1.807) is 27.4 Å². The molecule has 1 aliphatic rings. The minimum atomic E-state index is -3.57. The Morgan fingerprint density at radius 3 is 2.28 bits per heavy atom. The molecule has 1 saturated heterocycles. The van der Waals surface area contributed by atoms with E-state index in [1.165, 1.54) is 18.5 Å². The minimum Gasteiger partial charge on any atom is -0.322 e. The van der Waals surface area contributed by atoms with Crippen molar-refractivity contribution in [1.29, 1.82) is 0 Å². The third kappa shape index (κ3) is 5.05. The molecule has 2 aromatic carbocycles. The van der Waals surface area contributed by atoms with Crippen LogP contribution >= 0.6 is 0 Å². The van der Waals surface area contributed by atoms with Gasteiger partial charge in [-0.1, -0.05) is 26.0 Å². The summed E-state index contributed by atoms with van der Waals surface area (Å²) in [5.74, 6) is 0.376. The van der Waals surface area contributed by atoms with Gasteiger partial charge in [0.25, 0.3) is 5.91 Å². The Hall–Kier alpha value is -3.04. The third-order valence-corrected chi connectivity index (χ3v) is 7.46. The molecule has 8 nitrogen and oxygen atoms in total. The Kier molecular flexibility index (Phi) is 6.38. The van der Waals surface area contributed by atoms with Crippen molar-refractivity contribution >= 4 is 21.6 Å². The van der Waals surface area contributed by atoms with Crippen molar-refractivity contribution in [1.82, 2.24) is 19.1 Å². The van der Waals surface area contributed by atoms with E-state index in [-0.39, 0.29) is 10.8 Å². The highest BCUT2D eigenvalue weighted by Crippen LogP contribution is 2.27. The fourth-order valence-corrected chi connectivity index (χ4v) is 5.81. The van der Waals surface area contributed by atoms with Crippen molar-refractivity contribution in [3.63, 3.8) is 0 Å². The first-order valence-corrected chi connectivity index (χ1v) is 12.1. The number of benzene rings is 2. The lowest BCUT2D eigenvalue weighted by Gasteiger charge is -2.34. The molecule has 0 unspecified atom stereocenters. The van der Waals surface area contributed by atoms with Crippen LogP contribution in [0, 0.1) is 11.8 Å². The van der Waals surface area contributed by atoms with E-state index in [0.29, 0.717) is 42.7 Å². The van der Waals surface area contributed by atoms with E-state index in [0.717, 1.165) is 12.0 Å². The lowest BCUT2D eigenvalue weighted by Crippen LogP contribution is -2.42. The molecular formula is C23H27N5O3S. The molecule has 32 heavy (non-hydrogen) atoms. The normalized spacial score (nSPS) is 19.6. The van der Waals surface area contributed by atoms with Crippen LogP contribution in [0.15, 0.2) is 66.1 Å². The smallest absolute Gasteiger partial charge is 0.255 e. The number of hydrogen-bond acceptors (Lipinski definition) is 5. The predicted octanol–water partition coefficient (Wildman–Crippen LogP) is 3.25. The van der Waals surface area contributed by atoms with Crippen molar-refractivity contribution in [2.24, 2.45) is 11.8 Å². The van der Waals surface area contributed by atoms with Gasteiger partial charge in [0.05, 0.1) is 11.4 Å². The highest BCUT2D eigenvalue weighted by atomic mass is 32.2. The number of carbonyl (C=O) groups is 1. The van der Waals surface area contributed by atoms with Gasteiger partial charge >= 0.3 is 0 Å². The van der Waals surface area contributed by atoms with E-state index in [2.05, 4.69) is 29.2 Å². The van der Waals surface area contributed by atoms with Gasteiger partial charge in [-0.15, -0.1) is 0 Å². The zero-order valence-corrected chi connectivity index (χ0v) is 19.0. The highest BCUT2D eigenvalue weighted by Gasteiger charge is 2.31. The van der Waals surface area contributed by atoms with E-state index < -0.39 is 10.0 Å². The molecule has 0 bridgehead atoms. The van der Waals surface area contributed by atoms with Crippen LogP contribution in [-0.4, -0.2) is 46.5 Å². The van der Waals surface area contributed by atoms with Crippen molar-refractivity contribution < 1.29 is 13.2 Å². The second-order valence-electron chi connectivity index (χ2n) is 8.54. The fourth-order valence-electron chi connectivity index (χ4n) is 4.13. The molecule has 1 fully saturated rings. The van der Waals surface area contributed by atoms with Gasteiger partial charge < -0.3 is 5.32 Å². The monoisotopic (exact) mass is 453 g/mol. The maximum absolute atomic E-state index is 13.0. The molecule has 0 aliphatic carbocycles. The molecule has 0 saturated carbocycles. The van der Waals surface area contributed by atoms with E-state index in [9.17, 15) is 13.2 Å². The molecule has 168 valence electrons. The number of sulfonamides is 1. The summed E-state index contributed by atoms with van der Waals surface area (Å²) >= 11 is 0. The van der Waals surface area contributed by atoms with E-state index in [4.69, 9.17) is 0 Å². The van der Waals surface area contributed by atoms with Crippen molar-refractivity contribution in [2.45, 2.75) is 31.7 Å². The van der Waals surface area contributed by atoms with Gasteiger partial charge in [0.2, 0.25) is 10.0 Å².